The van der Waals surface area contributed by atoms with Crippen molar-refractivity contribution in [1.29, 1.82) is 0 Å². The third kappa shape index (κ3) is 9.31. The molecule has 0 spiro atoms. The number of para-hydroxylation sites is 2. The first-order valence-corrected chi connectivity index (χ1v) is 22.0. The van der Waals surface area contributed by atoms with Gasteiger partial charge < -0.3 is 28.0 Å². The van der Waals surface area contributed by atoms with E-state index in [-0.39, 0.29) is 28.5 Å². The molecule has 2 aromatic heterocycles. The normalized spacial score (nSPS) is 25.4. The highest BCUT2D eigenvalue weighted by molar-refractivity contribution is 7.52. The van der Waals surface area contributed by atoms with Gasteiger partial charge in [-0.3, -0.25) is 23.2 Å². The minimum Gasteiger partial charge on any atom is -0.479 e. The maximum Gasteiger partial charge on any atom is 0.459 e. The summed E-state index contributed by atoms with van der Waals surface area (Å²) in [5.41, 5.74) is -2.67. The van der Waals surface area contributed by atoms with Crippen LogP contribution in [-0.2, 0) is 42.0 Å². The molecule has 2 aromatic carbocycles. The number of carbonyl (C=O) groups is 2. The summed E-state index contributed by atoms with van der Waals surface area (Å²) in [5.74, 6) is -1.93. The molecular formula is C38H49FN6O12P2. The fourth-order valence-corrected chi connectivity index (χ4v) is 10.1. The van der Waals surface area contributed by atoms with E-state index in [2.05, 4.69) is 25.1 Å². The van der Waals surface area contributed by atoms with E-state index < -0.39 is 94.3 Å². The molecule has 320 valence electrons. The van der Waals surface area contributed by atoms with Gasteiger partial charge in [0, 0.05) is 5.92 Å². The summed E-state index contributed by atoms with van der Waals surface area (Å²) in [6.07, 6.45) is -1.66. The Hall–Kier alpha value is -4.48. The lowest BCUT2D eigenvalue weighted by molar-refractivity contribution is -0.150. The van der Waals surface area contributed by atoms with Crippen molar-refractivity contribution < 1.29 is 60.2 Å². The zero-order valence-corrected chi connectivity index (χ0v) is 35.6. The Morgan fingerprint density at radius 3 is 1.86 bits per heavy atom. The van der Waals surface area contributed by atoms with Crippen molar-refractivity contribution in [2.24, 2.45) is 11.3 Å². The molecule has 1 saturated carbocycles. The fraction of sp³-hybridized carbons (Fsp3) is 0.500. The minimum atomic E-state index is -4.53. The Bertz CT molecular complexity index is 2200. The molecule has 1 saturated heterocycles. The standard InChI is InChI=1S/C38H49FN6O12P2/c1-23(2)53-35(46)25(5)43-58(48,56-27-15-11-9-12-16-27)51-19-29-37(7)38(29,31(39)34(55-37)45-22-42-30-32(45)40-21-41-33(30)50-8)20-52-59(49,57-28-17-13-10-14-18-28)44-26(6)36(47)54-24(3)4/h9-18,21-26,29,31,34H,19-20H2,1-8H3,(H,43,48)(H,44,49)/t25-,26-,29-,31?,34+,37?,38?,58?,59?/m0/s1. The number of hydrogen-bond donors (Lipinski definition) is 2. The predicted octanol–water partition coefficient (Wildman–Crippen LogP) is 6.34. The van der Waals surface area contributed by atoms with Gasteiger partial charge in [-0.15, -0.1) is 0 Å². The van der Waals surface area contributed by atoms with E-state index in [9.17, 15) is 18.7 Å². The molecule has 21 heteroatoms. The van der Waals surface area contributed by atoms with Crippen LogP contribution >= 0.6 is 15.5 Å². The van der Waals surface area contributed by atoms with Crippen LogP contribution in [0.25, 0.3) is 11.2 Å². The molecule has 6 rings (SSSR count). The van der Waals surface area contributed by atoms with Crippen LogP contribution in [0.1, 0.15) is 54.7 Å². The van der Waals surface area contributed by atoms with Crippen molar-refractivity contribution >= 4 is 38.6 Å². The number of ether oxygens (including phenoxy) is 4. The summed E-state index contributed by atoms with van der Waals surface area (Å²) < 4.78 is 94.4. The number of esters is 2. The highest BCUT2D eigenvalue weighted by atomic mass is 31.2. The van der Waals surface area contributed by atoms with Gasteiger partial charge in [0.15, 0.2) is 23.6 Å². The van der Waals surface area contributed by atoms with Gasteiger partial charge in [0.25, 0.3) is 0 Å². The van der Waals surface area contributed by atoms with Gasteiger partial charge >= 0.3 is 27.4 Å². The zero-order chi connectivity index (χ0) is 42.8. The van der Waals surface area contributed by atoms with Gasteiger partial charge in [0.05, 0.1) is 49.9 Å². The lowest BCUT2D eigenvalue weighted by Gasteiger charge is -2.28. The number of methoxy groups -OCH3 is 1. The second-order valence-electron chi connectivity index (χ2n) is 14.9. The lowest BCUT2D eigenvalue weighted by Crippen LogP contribution is -2.38. The van der Waals surface area contributed by atoms with Gasteiger partial charge in [-0.05, 0) is 72.7 Å². The second-order valence-corrected chi connectivity index (χ2v) is 18.3. The number of imidazole rings is 1. The molecule has 2 aliphatic rings. The van der Waals surface area contributed by atoms with Crippen molar-refractivity contribution in [2.75, 3.05) is 20.3 Å². The minimum absolute atomic E-state index is 0.134. The molecular weight excluding hydrogens is 813 g/mol. The molecule has 59 heavy (non-hydrogen) atoms. The van der Waals surface area contributed by atoms with Crippen molar-refractivity contribution in [2.45, 2.75) is 90.8 Å². The number of fused-ring (bicyclic) bond motifs is 2. The Balaban J connectivity index is 1.34. The Morgan fingerprint density at radius 1 is 0.831 bits per heavy atom. The number of benzene rings is 2. The first kappa shape index (κ1) is 44.1. The number of nitrogens with one attached hydrogen (secondary N) is 2. The van der Waals surface area contributed by atoms with E-state index in [0.717, 1.165) is 0 Å². The summed E-state index contributed by atoms with van der Waals surface area (Å²) in [5, 5.41) is 5.27. The average Bonchev–Trinajstić information content (AvgIpc) is 3.37. The Morgan fingerprint density at radius 2 is 1.36 bits per heavy atom. The third-order valence-corrected chi connectivity index (χ3v) is 13.2. The summed E-state index contributed by atoms with van der Waals surface area (Å²) in [7, 11) is -7.55. The lowest BCUT2D eigenvalue weighted by atomic mass is 9.96. The van der Waals surface area contributed by atoms with Gasteiger partial charge in [-0.1, -0.05) is 36.4 Å². The molecule has 0 bridgehead atoms. The average molecular weight is 863 g/mol. The summed E-state index contributed by atoms with van der Waals surface area (Å²) in [6, 6.07) is 13.9. The van der Waals surface area contributed by atoms with Crippen LogP contribution in [0.2, 0.25) is 0 Å². The maximum absolute atomic E-state index is 17.6. The van der Waals surface area contributed by atoms with Crippen molar-refractivity contribution in [3.8, 4) is 17.4 Å². The monoisotopic (exact) mass is 862 g/mol. The highest BCUT2D eigenvalue weighted by Gasteiger charge is 2.85. The molecule has 1 aliphatic heterocycles. The third-order valence-electron chi connectivity index (χ3n) is 9.96. The second kappa shape index (κ2) is 17.6. The van der Waals surface area contributed by atoms with Crippen LogP contribution in [0, 0.1) is 11.3 Å². The number of alkyl halides is 1. The van der Waals surface area contributed by atoms with Crippen LogP contribution in [0.3, 0.4) is 0 Å². The molecule has 0 amide bonds. The fourth-order valence-electron chi connectivity index (χ4n) is 7.04. The summed E-state index contributed by atoms with van der Waals surface area (Å²) in [6.45, 7) is 10.0. The van der Waals surface area contributed by atoms with Gasteiger partial charge in [0.1, 0.15) is 29.9 Å². The number of halogens is 1. The van der Waals surface area contributed by atoms with Crippen molar-refractivity contribution in [3.05, 3.63) is 73.3 Å². The Kier molecular flexibility index (Phi) is 13.2. The molecule has 1 aliphatic carbocycles. The topological polar surface area (TPSA) is 210 Å². The van der Waals surface area contributed by atoms with Crippen LogP contribution < -0.4 is 24.0 Å². The highest BCUT2D eigenvalue weighted by Crippen LogP contribution is 2.75. The largest absolute Gasteiger partial charge is 0.479 e. The van der Waals surface area contributed by atoms with Crippen LogP contribution in [-0.4, -0.2) is 87.8 Å². The first-order valence-electron chi connectivity index (χ1n) is 18.9. The van der Waals surface area contributed by atoms with E-state index >= 15 is 4.39 Å². The van der Waals surface area contributed by atoms with Gasteiger partial charge in [-0.2, -0.15) is 15.2 Å². The number of aromatic nitrogens is 4. The van der Waals surface area contributed by atoms with Gasteiger partial charge in [-0.25, -0.2) is 23.5 Å². The molecule has 5 unspecified atom stereocenters. The molecule has 0 radical (unpaired) electrons. The van der Waals surface area contributed by atoms with Crippen LogP contribution in [0.15, 0.2) is 73.3 Å². The molecule has 9 atom stereocenters. The van der Waals surface area contributed by atoms with E-state index in [0.29, 0.717) is 0 Å². The molecule has 3 heterocycles. The number of rotatable bonds is 20. The maximum atomic E-state index is 17.6. The van der Waals surface area contributed by atoms with E-state index in [4.69, 9.17) is 37.0 Å². The number of hydrogen-bond acceptors (Lipinski definition) is 15. The molecule has 18 nitrogen and oxygen atoms in total. The van der Waals surface area contributed by atoms with E-state index in [1.165, 1.54) is 50.3 Å². The quantitative estimate of drug-likeness (QED) is 0.0733. The van der Waals surface area contributed by atoms with E-state index in [1.807, 2.05) is 0 Å². The van der Waals surface area contributed by atoms with Crippen molar-refractivity contribution in [1.82, 2.24) is 29.7 Å². The van der Waals surface area contributed by atoms with E-state index in [1.54, 1.807) is 83.1 Å². The molecule has 2 fully saturated rings. The smallest absolute Gasteiger partial charge is 0.459 e. The van der Waals surface area contributed by atoms with Crippen molar-refractivity contribution in [3.63, 3.8) is 0 Å². The summed E-state index contributed by atoms with van der Waals surface area (Å²) in [4.78, 5) is 38.4. The SMILES string of the molecule is COc1ncnc2c1ncn2[C@@H]1OC2(C)[C@H](COP(=O)(N[C@@H](C)C(=O)OC(C)C)Oc3ccccc3)C2(COP(=O)(N[C@@H](C)C(=O)OC(C)C)Oc2ccccc2)C1F. The predicted molar refractivity (Wildman–Crippen MR) is 210 cm³/mol. The Labute approximate surface area is 340 Å². The first-order chi connectivity index (χ1) is 27.9. The zero-order valence-electron chi connectivity index (χ0n) is 33.8. The van der Waals surface area contributed by atoms with Crippen LogP contribution in [0.5, 0.6) is 17.4 Å². The van der Waals surface area contributed by atoms with Gasteiger partial charge in [0.2, 0.25) is 5.88 Å². The van der Waals surface area contributed by atoms with Crippen LogP contribution in [0.4, 0.5) is 4.39 Å². The molecule has 2 N–H and O–H groups in total. The molecule has 4 aromatic rings. The summed E-state index contributed by atoms with van der Waals surface area (Å²) >= 11 is 0. The number of nitrogens with zero attached hydrogens (tertiary/aromatic N) is 4. The number of carbonyl (C=O) groups excluding carboxylic acids is 2.